The smallest absolute Gasteiger partial charge is 0.240 e. The molecule has 1 aliphatic carbocycles. The van der Waals surface area contributed by atoms with Crippen LogP contribution in [0.3, 0.4) is 0 Å². The molecule has 5 heteroatoms. The highest BCUT2D eigenvalue weighted by molar-refractivity contribution is 6.13. The van der Waals surface area contributed by atoms with E-state index in [1.807, 2.05) is 36.4 Å². The monoisotopic (exact) mass is 351 g/mol. The average Bonchev–Trinajstić information content (AvgIpc) is 3.49. The summed E-state index contributed by atoms with van der Waals surface area (Å²) >= 11 is 0. The molecule has 1 heterocycles. The fourth-order valence-corrected chi connectivity index (χ4v) is 3.16. The van der Waals surface area contributed by atoms with Crippen molar-refractivity contribution in [2.75, 3.05) is 5.32 Å². The Morgan fingerprint density at radius 2 is 1.69 bits per heavy atom. The Morgan fingerprint density at radius 1 is 1.00 bits per heavy atom. The van der Waals surface area contributed by atoms with Gasteiger partial charge in [-0.3, -0.25) is 14.6 Å². The molecule has 5 nitrogen and oxygen atoms in total. The molecule has 3 rings (SSSR count). The van der Waals surface area contributed by atoms with Crippen LogP contribution >= 0.6 is 0 Å². The van der Waals surface area contributed by atoms with Gasteiger partial charge in [-0.2, -0.15) is 0 Å². The maximum atomic E-state index is 12.9. The van der Waals surface area contributed by atoms with Gasteiger partial charge in [0.15, 0.2) is 0 Å². The lowest BCUT2D eigenvalue weighted by Crippen LogP contribution is -2.40. The van der Waals surface area contributed by atoms with E-state index in [1.54, 1.807) is 6.20 Å². The van der Waals surface area contributed by atoms with Crippen LogP contribution in [-0.2, 0) is 29.0 Å². The first-order valence-electron chi connectivity index (χ1n) is 9.21. The van der Waals surface area contributed by atoms with Gasteiger partial charge >= 0.3 is 0 Å². The second-order valence-electron chi connectivity index (χ2n) is 6.70. The number of aromatic nitrogens is 1. The molecule has 2 amide bonds. The van der Waals surface area contributed by atoms with Crippen molar-refractivity contribution in [3.8, 4) is 0 Å². The lowest BCUT2D eigenvalue weighted by molar-refractivity contribution is -0.134. The number of nitrogens with zero attached hydrogens (tertiary/aromatic N) is 1. The van der Waals surface area contributed by atoms with Crippen molar-refractivity contribution in [2.45, 2.75) is 46.1 Å². The van der Waals surface area contributed by atoms with Gasteiger partial charge in [-0.05, 0) is 48.9 Å². The molecule has 1 aromatic heterocycles. The van der Waals surface area contributed by atoms with E-state index in [0.717, 1.165) is 35.3 Å². The van der Waals surface area contributed by atoms with E-state index in [4.69, 9.17) is 0 Å². The number of pyridine rings is 1. The molecule has 1 aliphatic rings. The lowest BCUT2D eigenvalue weighted by Gasteiger charge is -2.19. The predicted molar refractivity (Wildman–Crippen MR) is 102 cm³/mol. The molecule has 2 aromatic rings. The number of carbonyl (C=O) groups excluding carboxylic acids is 2. The summed E-state index contributed by atoms with van der Waals surface area (Å²) in [5.74, 6) is -0.417. The summed E-state index contributed by atoms with van der Waals surface area (Å²) in [5.41, 5.74) is 2.90. The molecular formula is C21H25N3O2. The van der Waals surface area contributed by atoms with Crippen molar-refractivity contribution in [2.24, 2.45) is 5.41 Å². The molecular weight excluding hydrogens is 326 g/mol. The minimum atomic E-state index is -0.944. The number of para-hydroxylation sites is 1. The summed E-state index contributed by atoms with van der Waals surface area (Å²) in [4.78, 5) is 29.7. The SMILES string of the molecule is CCc1cccc(CC)c1NC(=O)C1(C(=O)NCc2ccccn2)CC1. The largest absolute Gasteiger partial charge is 0.350 e. The lowest BCUT2D eigenvalue weighted by atomic mass is 10.0. The number of anilines is 1. The first kappa shape index (κ1) is 18.1. The summed E-state index contributed by atoms with van der Waals surface area (Å²) in [7, 11) is 0. The number of benzene rings is 1. The van der Waals surface area contributed by atoms with Crippen LogP contribution in [0.4, 0.5) is 5.69 Å². The van der Waals surface area contributed by atoms with Crippen molar-refractivity contribution in [3.63, 3.8) is 0 Å². The number of aryl methyl sites for hydroxylation is 2. The van der Waals surface area contributed by atoms with Crippen LogP contribution in [0.5, 0.6) is 0 Å². The minimum absolute atomic E-state index is 0.202. The number of hydrogen-bond acceptors (Lipinski definition) is 3. The fraction of sp³-hybridized carbons (Fsp3) is 0.381. The molecule has 2 N–H and O–H groups in total. The molecule has 0 aliphatic heterocycles. The minimum Gasteiger partial charge on any atom is -0.350 e. The quantitative estimate of drug-likeness (QED) is 0.752. The fourth-order valence-electron chi connectivity index (χ4n) is 3.16. The van der Waals surface area contributed by atoms with Gasteiger partial charge in [0.25, 0.3) is 0 Å². The Hall–Kier alpha value is -2.69. The number of amides is 2. The van der Waals surface area contributed by atoms with Crippen molar-refractivity contribution in [3.05, 3.63) is 59.4 Å². The first-order valence-corrected chi connectivity index (χ1v) is 9.21. The van der Waals surface area contributed by atoms with Gasteiger partial charge in [-0.25, -0.2) is 0 Å². The third kappa shape index (κ3) is 3.62. The molecule has 26 heavy (non-hydrogen) atoms. The van der Waals surface area contributed by atoms with E-state index in [9.17, 15) is 9.59 Å². The zero-order valence-corrected chi connectivity index (χ0v) is 15.3. The molecule has 1 aromatic carbocycles. The molecule has 0 atom stereocenters. The highest BCUT2D eigenvalue weighted by Crippen LogP contribution is 2.47. The van der Waals surface area contributed by atoms with Gasteiger partial charge in [-0.15, -0.1) is 0 Å². The van der Waals surface area contributed by atoms with Crippen LogP contribution in [0.2, 0.25) is 0 Å². The Morgan fingerprint density at radius 3 is 2.23 bits per heavy atom. The maximum Gasteiger partial charge on any atom is 0.240 e. The first-order chi connectivity index (χ1) is 12.6. The zero-order chi connectivity index (χ0) is 18.6. The van der Waals surface area contributed by atoms with E-state index < -0.39 is 5.41 Å². The second-order valence-corrected chi connectivity index (χ2v) is 6.70. The Bertz CT molecular complexity index is 776. The second kappa shape index (κ2) is 7.68. The van der Waals surface area contributed by atoms with E-state index in [0.29, 0.717) is 19.4 Å². The van der Waals surface area contributed by atoms with Crippen LogP contribution in [0, 0.1) is 5.41 Å². The van der Waals surface area contributed by atoms with Crippen molar-refractivity contribution in [1.82, 2.24) is 10.3 Å². The molecule has 0 saturated heterocycles. The van der Waals surface area contributed by atoms with Crippen LogP contribution in [0.1, 0.15) is 43.5 Å². The van der Waals surface area contributed by atoms with Gasteiger partial charge in [0.05, 0.1) is 12.2 Å². The molecule has 1 fully saturated rings. The standard InChI is InChI=1S/C21H25N3O2/c1-3-15-8-7-9-16(4-2)18(15)24-20(26)21(11-12-21)19(25)23-14-17-10-5-6-13-22-17/h5-10,13H,3-4,11-12,14H2,1-2H3,(H,23,25)(H,24,26). The molecule has 136 valence electrons. The van der Waals surface area contributed by atoms with Crippen LogP contribution < -0.4 is 10.6 Å². The summed E-state index contributed by atoms with van der Waals surface area (Å²) < 4.78 is 0. The highest BCUT2D eigenvalue weighted by atomic mass is 16.2. The Balaban J connectivity index is 1.70. The normalized spacial score (nSPS) is 14.5. The third-order valence-corrected chi connectivity index (χ3v) is 5.01. The molecule has 0 unspecified atom stereocenters. The van der Waals surface area contributed by atoms with Gasteiger partial charge in [-0.1, -0.05) is 38.1 Å². The predicted octanol–water partition coefficient (Wildman–Crippen LogP) is 3.24. The number of hydrogen-bond donors (Lipinski definition) is 2. The van der Waals surface area contributed by atoms with Crippen LogP contribution in [-0.4, -0.2) is 16.8 Å². The molecule has 0 spiro atoms. The summed E-state index contributed by atoms with van der Waals surface area (Å²) in [6.45, 7) is 4.47. The van der Waals surface area contributed by atoms with Crippen molar-refractivity contribution < 1.29 is 9.59 Å². The number of rotatable bonds is 7. The zero-order valence-electron chi connectivity index (χ0n) is 15.3. The van der Waals surface area contributed by atoms with Gasteiger partial charge in [0.1, 0.15) is 5.41 Å². The average molecular weight is 351 g/mol. The molecule has 0 bridgehead atoms. The number of carbonyl (C=O) groups is 2. The summed E-state index contributed by atoms with van der Waals surface area (Å²) in [5, 5.41) is 5.91. The van der Waals surface area contributed by atoms with Crippen LogP contribution in [0.25, 0.3) is 0 Å². The van der Waals surface area contributed by atoms with Gasteiger partial charge in [0.2, 0.25) is 11.8 Å². The topological polar surface area (TPSA) is 71.1 Å². The summed E-state index contributed by atoms with van der Waals surface area (Å²) in [6.07, 6.45) is 4.53. The molecule has 1 saturated carbocycles. The Kier molecular flexibility index (Phi) is 5.35. The van der Waals surface area contributed by atoms with E-state index in [-0.39, 0.29) is 11.8 Å². The Labute approximate surface area is 154 Å². The van der Waals surface area contributed by atoms with E-state index in [1.165, 1.54) is 0 Å². The van der Waals surface area contributed by atoms with Gasteiger partial charge in [0, 0.05) is 11.9 Å². The highest BCUT2D eigenvalue weighted by Gasteiger charge is 2.56. The van der Waals surface area contributed by atoms with Crippen molar-refractivity contribution in [1.29, 1.82) is 0 Å². The summed E-state index contributed by atoms with van der Waals surface area (Å²) in [6, 6.07) is 11.6. The molecule has 0 radical (unpaired) electrons. The maximum absolute atomic E-state index is 12.9. The van der Waals surface area contributed by atoms with E-state index in [2.05, 4.69) is 29.5 Å². The van der Waals surface area contributed by atoms with Crippen molar-refractivity contribution >= 4 is 17.5 Å². The van der Waals surface area contributed by atoms with E-state index >= 15 is 0 Å². The number of nitrogens with one attached hydrogen (secondary N) is 2. The van der Waals surface area contributed by atoms with Crippen LogP contribution in [0.15, 0.2) is 42.6 Å². The van der Waals surface area contributed by atoms with Gasteiger partial charge < -0.3 is 10.6 Å². The third-order valence-electron chi connectivity index (χ3n) is 5.01.